The molecular weight excluding hydrogens is 374 g/mol. The Morgan fingerprint density at radius 3 is 2.81 bits per heavy atom. The molecule has 4 rings (SSSR count). The molecule has 0 radical (unpaired) electrons. The number of amides is 1. The maximum Gasteiger partial charge on any atom is 0.258 e. The van der Waals surface area contributed by atoms with Crippen molar-refractivity contribution in [3.8, 4) is 17.0 Å². The highest BCUT2D eigenvalue weighted by Gasteiger charge is 2.15. The number of nitrogens with zero attached hydrogens (tertiary/aromatic N) is 3. The number of nitrogens with one attached hydrogen (secondary N) is 1. The van der Waals surface area contributed by atoms with E-state index in [1.807, 2.05) is 29.6 Å². The molecule has 136 valence electrons. The lowest BCUT2D eigenvalue weighted by Crippen LogP contribution is -2.13. The number of carbonyl (C=O) groups excluding carboxylic acids is 1. The van der Waals surface area contributed by atoms with Gasteiger partial charge in [-0.1, -0.05) is 12.1 Å². The number of carbonyl (C=O) groups is 1. The van der Waals surface area contributed by atoms with Crippen LogP contribution in [0.15, 0.2) is 47.8 Å². The van der Waals surface area contributed by atoms with Crippen LogP contribution in [-0.4, -0.2) is 27.6 Å². The molecule has 27 heavy (non-hydrogen) atoms. The summed E-state index contributed by atoms with van der Waals surface area (Å²) in [5.74, 6) is -1.97. The van der Waals surface area contributed by atoms with Crippen molar-refractivity contribution in [1.82, 2.24) is 14.6 Å². The van der Waals surface area contributed by atoms with Crippen LogP contribution in [0, 0.1) is 11.6 Å². The predicted molar refractivity (Wildman–Crippen MR) is 97.2 cm³/mol. The van der Waals surface area contributed by atoms with E-state index in [9.17, 15) is 13.6 Å². The summed E-state index contributed by atoms with van der Waals surface area (Å²) in [7, 11) is 1.59. The molecule has 0 saturated heterocycles. The van der Waals surface area contributed by atoms with Crippen molar-refractivity contribution in [2.24, 2.45) is 0 Å². The summed E-state index contributed by atoms with van der Waals surface area (Å²) in [6.07, 6.45) is 0. The SMILES string of the molecule is COc1cccc(-c2csc3nc(NC(=O)c4ccc(F)c(F)c4)nn23)c1. The second-order valence-electron chi connectivity index (χ2n) is 5.57. The summed E-state index contributed by atoms with van der Waals surface area (Å²) in [5, 5.41) is 8.67. The molecule has 0 aliphatic heterocycles. The van der Waals surface area contributed by atoms with Gasteiger partial charge in [-0.3, -0.25) is 10.1 Å². The van der Waals surface area contributed by atoms with Gasteiger partial charge < -0.3 is 4.74 Å². The van der Waals surface area contributed by atoms with Crippen molar-refractivity contribution in [3.05, 3.63) is 65.0 Å². The van der Waals surface area contributed by atoms with Gasteiger partial charge in [0.1, 0.15) is 5.75 Å². The Kier molecular flexibility index (Phi) is 4.28. The van der Waals surface area contributed by atoms with Crippen LogP contribution in [0.1, 0.15) is 10.4 Å². The van der Waals surface area contributed by atoms with Crippen LogP contribution in [0.4, 0.5) is 14.7 Å². The van der Waals surface area contributed by atoms with Crippen LogP contribution in [0.25, 0.3) is 16.2 Å². The molecule has 0 fully saturated rings. The van der Waals surface area contributed by atoms with Crippen LogP contribution in [0.3, 0.4) is 0 Å². The summed E-state index contributed by atoms with van der Waals surface area (Å²) in [6.45, 7) is 0. The molecule has 1 N–H and O–H groups in total. The maximum atomic E-state index is 13.3. The fraction of sp³-hybridized carbons (Fsp3) is 0.0556. The third-order valence-electron chi connectivity index (χ3n) is 3.85. The van der Waals surface area contributed by atoms with Crippen molar-refractivity contribution in [2.75, 3.05) is 12.4 Å². The van der Waals surface area contributed by atoms with Crippen LogP contribution in [0.2, 0.25) is 0 Å². The minimum absolute atomic E-state index is 0.0277. The van der Waals surface area contributed by atoms with Gasteiger partial charge in [-0.05, 0) is 30.3 Å². The number of halogens is 2. The van der Waals surface area contributed by atoms with Gasteiger partial charge in [-0.25, -0.2) is 13.3 Å². The van der Waals surface area contributed by atoms with Crippen LogP contribution >= 0.6 is 11.3 Å². The molecule has 0 atom stereocenters. The van der Waals surface area contributed by atoms with E-state index in [2.05, 4.69) is 15.4 Å². The Bertz CT molecular complexity index is 1160. The zero-order chi connectivity index (χ0) is 19.0. The Balaban J connectivity index is 1.63. The molecule has 2 heterocycles. The maximum absolute atomic E-state index is 13.3. The molecule has 9 heteroatoms. The van der Waals surface area contributed by atoms with Gasteiger partial charge in [0.05, 0.1) is 12.8 Å². The fourth-order valence-electron chi connectivity index (χ4n) is 2.53. The van der Waals surface area contributed by atoms with Gasteiger partial charge in [0.15, 0.2) is 11.6 Å². The second-order valence-corrected chi connectivity index (χ2v) is 6.40. The number of fused-ring (bicyclic) bond motifs is 1. The van der Waals surface area contributed by atoms with Gasteiger partial charge in [0.2, 0.25) is 4.96 Å². The molecule has 0 spiro atoms. The zero-order valence-corrected chi connectivity index (χ0v) is 14.8. The van der Waals surface area contributed by atoms with E-state index in [1.54, 1.807) is 11.6 Å². The van der Waals surface area contributed by atoms with Gasteiger partial charge >= 0.3 is 0 Å². The van der Waals surface area contributed by atoms with Crippen LogP contribution in [-0.2, 0) is 0 Å². The summed E-state index contributed by atoms with van der Waals surface area (Å²) in [5.41, 5.74) is 1.64. The van der Waals surface area contributed by atoms with Crippen LogP contribution in [0.5, 0.6) is 5.75 Å². The first-order valence-corrected chi connectivity index (χ1v) is 8.68. The van der Waals surface area contributed by atoms with Gasteiger partial charge in [0.25, 0.3) is 11.9 Å². The van der Waals surface area contributed by atoms with E-state index in [1.165, 1.54) is 17.4 Å². The highest BCUT2D eigenvalue weighted by atomic mass is 32.1. The number of benzene rings is 2. The summed E-state index contributed by atoms with van der Waals surface area (Å²) in [4.78, 5) is 17.0. The lowest BCUT2D eigenvalue weighted by atomic mass is 10.2. The number of hydrogen-bond donors (Lipinski definition) is 1. The third-order valence-corrected chi connectivity index (χ3v) is 4.67. The molecule has 4 aromatic rings. The monoisotopic (exact) mass is 386 g/mol. The van der Waals surface area contributed by atoms with Crippen molar-refractivity contribution < 1.29 is 18.3 Å². The summed E-state index contributed by atoms with van der Waals surface area (Å²) in [6, 6.07) is 10.4. The first-order chi connectivity index (χ1) is 13.0. The van der Waals surface area contributed by atoms with E-state index < -0.39 is 17.5 Å². The standard InChI is InChI=1S/C18H12F2N4O2S/c1-26-12-4-2-3-10(7-12)15-9-27-18-22-17(23-24(15)18)21-16(25)11-5-6-13(19)14(20)8-11/h2-9H,1H3,(H,21,23,25). The van der Waals surface area contributed by atoms with Gasteiger partial charge in [0, 0.05) is 16.5 Å². The Labute approximate surface area is 156 Å². The Hall–Kier alpha value is -3.33. The Morgan fingerprint density at radius 1 is 1.19 bits per heavy atom. The summed E-state index contributed by atoms with van der Waals surface area (Å²) < 4.78 is 33.1. The normalized spacial score (nSPS) is 10.9. The van der Waals surface area contributed by atoms with Crippen molar-refractivity contribution in [2.45, 2.75) is 0 Å². The lowest BCUT2D eigenvalue weighted by Gasteiger charge is -2.03. The highest BCUT2D eigenvalue weighted by molar-refractivity contribution is 7.15. The highest BCUT2D eigenvalue weighted by Crippen LogP contribution is 2.28. The van der Waals surface area contributed by atoms with Crippen molar-refractivity contribution in [3.63, 3.8) is 0 Å². The van der Waals surface area contributed by atoms with Gasteiger partial charge in [-0.2, -0.15) is 4.98 Å². The molecule has 0 aliphatic rings. The average Bonchev–Trinajstić information content (AvgIpc) is 3.24. The average molecular weight is 386 g/mol. The molecule has 2 aromatic carbocycles. The number of anilines is 1. The van der Waals surface area contributed by atoms with E-state index in [0.29, 0.717) is 10.7 Å². The van der Waals surface area contributed by atoms with E-state index in [4.69, 9.17) is 4.74 Å². The smallest absolute Gasteiger partial charge is 0.258 e. The number of hydrogen-bond acceptors (Lipinski definition) is 5. The van der Waals surface area contributed by atoms with Crippen molar-refractivity contribution >= 4 is 28.2 Å². The number of rotatable bonds is 4. The Morgan fingerprint density at radius 2 is 2.04 bits per heavy atom. The van der Waals surface area contributed by atoms with Crippen molar-refractivity contribution in [1.29, 1.82) is 0 Å². The van der Waals surface area contributed by atoms with E-state index in [0.717, 1.165) is 23.4 Å². The first kappa shape index (κ1) is 17.1. The third kappa shape index (κ3) is 3.24. The topological polar surface area (TPSA) is 68.5 Å². The number of aromatic nitrogens is 3. The molecule has 1 amide bonds. The number of methoxy groups -OCH3 is 1. The molecular formula is C18H12F2N4O2S. The number of thiazole rings is 1. The molecule has 0 aliphatic carbocycles. The summed E-state index contributed by atoms with van der Waals surface area (Å²) >= 11 is 1.36. The predicted octanol–water partition coefficient (Wildman–Crippen LogP) is 4.00. The number of ether oxygens (including phenoxy) is 1. The molecule has 2 aromatic heterocycles. The quantitative estimate of drug-likeness (QED) is 0.576. The lowest BCUT2D eigenvalue weighted by molar-refractivity contribution is 0.102. The first-order valence-electron chi connectivity index (χ1n) is 7.80. The zero-order valence-electron chi connectivity index (χ0n) is 13.9. The second kappa shape index (κ2) is 6.76. The minimum atomic E-state index is -1.10. The molecule has 0 unspecified atom stereocenters. The molecule has 6 nitrogen and oxygen atoms in total. The van der Waals surface area contributed by atoms with E-state index in [-0.39, 0.29) is 11.5 Å². The minimum Gasteiger partial charge on any atom is -0.497 e. The van der Waals surface area contributed by atoms with Gasteiger partial charge in [-0.15, -0.1) is 16.4 Å². The largest absolute Gasteiger partial charge is 0.497 e. The fourth-order valence-corrected chi connectivity index (χ4v) is 3.36. The van der Waals surface area contributed by atoms with Crippen LogP contribution < -0.4 is 10.1 Å². The molecule has 0 saturated carbocycles. The molecule has 0 bridgehead atoms. The van der Waals surface area contributed by atoms with E-state index >= 15 is 0 Å².